The summed E-state index contributed by atoms with van der Waals surface area (Å²) in [6.07, 6.45) is 0. The smallest absolute Gasteiger partial charge is 0.0991 e. The highest BCUT2D eigenvalue weighted by molar-refractivity contribution is 6.99. The Morgan fingerprint density at radius 3 is 0.741 bits per heavy atom. The molecule has 0 N–H and O–H groups in total. The van der Waals surface area contributed by atoms with Crippen LogP contribution in [0.25, 0.3) is 65.3 Å². The summed E-state index contributed by atoms with van der Waals surface area (Å²) in [5.74, 6) is 0. The van der Waals surface area contributed by atoms with E-state index in [0.717, 1.165) is 11.1 Å². The van der Waals surface area contributed by atoms with Gasteiger partial charge in [0.25, 0.3) is 0 Å². The molecule has 7 aromatic rings. The molecule has 0 heterocycles. The third-order valence-corrected chi connectivity index (χ3v) is 19.8. The minimum absolute atomic E-state index is 0.662. The molecule has 0 aliphatic heterocycles. The van der Waals surface area contributed by atoms with E-state index in [4.69, 9.17) is 0 Å². The fourth-order valence-corrected chi connectivity index (χ4v) is 18.7. The van der Waals surface area contributed by atoms with Crippen molar-refractivity contribution < 1.29 is 0 Å². The summed E-state index contributed by atoms with van der Waals surface area (Å²) in [6.45, 7) is 29.7. The van der Waals surface area contributed by atoms with Crippen LogP contribution in [0.4, 0.5) is 0 Å². The monoisotopic (exact) mass is 768 g/mol. The first-order valence-electron chi connectivity index (χ1n) is 19.2. The van der Waals surface area contributed by atoms with Crippen molar-refractivity contribution in [1.82, 2.24) is 0 Å². The molecule has 0 saturated heterocycles. The van der Waals surface area contributed by atoms with Crippen molar-refractivity contribution >= 4 is 96.1 Å². The van der Waals surface area contributed by atoms with Crippen LogP contribution in [0.2, 0.25) is 78.6 Å². The Bertz CT molecular complexity index is 2420. The molecule has 0 spiro atoms. The Kier molecular flexibility index (Phi) is 9.11. The minimum atomic E-state index is -1.66. The molecule has 0 amide bonds. The van der Waals surface area contributed by atoms with E-state index in [9.17, 15) is 10.5 Å². The van der Waals surface area contributed by atoms with E-state index < -0.39 is 32.3 Å². The summed E-state index contributed by atoms with van der Waals surface area (Å²) in [7, 11) is -6.65. The number of nitrogens with zero attached hydrogens (tertiary/aromatic N) is 2. The Balaban J connectivity index is 1.75. The van der Waals surface area contributed by atoms with E-state index in [0.29, 0.717) is 11.1 Å². The topological polar surface area (TPSA) is 47.6 Å². The Morgan fingerprint density at radius 2 is 0.556 bits per heavy atom. The predicted molar refractivity (Wildman–Crippen MR) is 249 cm³/mol. The Hall–Kier alpha value is -4.57. The maximum Gasteiger partial charge on any atom is 0.0991 e. The molecule has 0 fully saturated rings. The van der Waals surface area contributed by atoms with E-state index in [-0.39, 0.29) is 0 Å². The largest absolute Gasteiger partial charge is 0.192 e. The average Bonchev–Trinajstić information content (AvgIpc) is 3.10. The van der Waals surface area contributed by atoms with Crippen molar-refractivity contribution in [3.63, 3.8) is 0 Å². The van der Waals surface area contributed by atoms with Crippen molar-refractivity contribution in [3.05, 3.63) is 108 Å². The van der Waals surface area contributed by atoms with Gasteiger partial charge in [0, 0.05) is 0 Å². The third kappa shape index (κ3) is 6.71. The normalized spacial score (nSPS) is 12.8. The molecular formula is C48H52N2Si4. The van der Waals surface area contributed by atoms with Gasteiger partial charge in [-0.05, 0) is 114 Å². The van der Waals surface area contributed by atoms with Gasteiger partial charge in [0.1, 0.15) is 0 Å². The number of rotatable bonds is 6. The van der Waals surface area contributed by atoms with Gasteiger partial charge in [0.15, 0.2) is 0 Å². The van der Waals surface area contributed by atoms with Crippen molar-refractivity contribution in [2.24, 2.45) is 0 Å². The Labute approximate surface area is 326 Å². The summed E-state index contributed by atoms with van der Waals surface area (Å²) in [5.41, 5.74) is 5.96. The summed E-state index contributed by atoms with van der Waals surface area (Å²) < 4.78 is 0. The van der Waals surface area contributed by atoms with Crippen molar-refractivity contribution in [2.45, 2.75) is 78.6 Å². The predicted octanol–water partition coefficient (Wildman–Crippen LogP) is 11.6. The lowest BCUT2D eigenvalue weighted by molar-refractivity contribution is 1.48. The molecule has 7 rings (SSSR count). The number of benzene rings is 7. The Morgan fingerprint density at radius 1 is 0.333 bits per heavy atom. The zero-order chi connectivity index (χ0) is 39.1. The van der Waals surface area contributed by atoms with Crippen LogP contribution in [0, 0.1) is 22.7 Å². The second kappa shape index (κ2) is 13.0. The van der Waals surface area contributed by atoms with Gasteiger partial charge < -0.3 is 0 Å². The van der Waals surface area contributed by atoms with Crippen LogP contribution in [0.3, 0.4) is 0 Å². The van der Waals surface area contributed by atoms with Crippen LogP contribution < -0.4 is 20.7 Å². The summed E-state index contributed by atoms with van der Waals surface area (Å²) >= 11 is 0. The van der Waals surface area contributed by atoms with Crippen LogP contribution >= 0.6 is 0 Å². The second-order valence-electron chi connectivity index (χ2n) is 19.4. The molecule has 0 radical (unpaired) electrons. The molecule has 270 valence electrons. The lowest BCUT2D eigenvalue weighted by Gasteiger charge is -2.29. The van der Waals surface area contributed by atoms with Gasteiger partial charge in [0.05, 0.1) is 55.6 Å². The highest BCUT2D eigenvalue weighted by Gasteiger charge is 2.30. The molecule has 0 atom stereocenters. The lowest BCUT2D eigenvalue weighted by Crippen LogP contribution is -2.56. The number of fused-ring (bicyclic) bond motifs is 4. The summed E-state index contributed by atoms with van der Waals surface area (Å²) in [4.78, 5) is 0. The van der Waals surface area contributed by atoms with Crippen LogP contribution in [0.1, 0.15) is 11.1 Å². The fraction of sp³-hybridized carbons (Fsp3) is 0.250. The van der Waals surface area contributed by atoms with Crippen LogP contribution in [-0.2, 0) is 0 Å². The van der Waals surface area contributed by atoms with Crippen molar-refractivity contribution in [1.29, 1.82) is 10.5 Å². The van der Waals surface area contributed by atoms with Gasteiger partial charge in [-0.25, -0.2) is 0 Å². The van der Waals surface area contributed by atoms with E-state index in [1.165, 1.54) is 54.2 Å². The van der Waals surface area contributed by atoms with Gasteiger partial charge in [-0.1, -0.05) is 148 Å². The molecule has 54 heavy (non-hydrogen) atoms. The molecule has 0 aliphatic rings. The maximum absolute atomic E-state index is 9.76. The maximum atomic E-state index is 9.76. The van der Waals surface area contributed by atoms with Gasteiger partial charge in [-0.15, -0.1) is 0 Å². The highest BCUT2D eigenvalue weighted by atomic mass is 28.3. The standard InChI is InChI=1S/C48H52N2Si4/c1-51(2,3)43-25-35-21-39-40(22-36(35)26-44(43)52(4,5)6)48(34-19-15-32(30-50)16-20-34)42-24-38-28-46(54(10,11)12)45(53(7,8)9)27-37(38)23-41(42)47(39)33-17-13-31(29-49)14-18-33/h13-28H,1-12H3. The SMILES string of the molecule is C[Si](C)(C)c1cc2cc3c(-c4ccc(C#N)cc4)c4cc5cc([Si](C)(C)C)c([Si](C)(C)C)cc5cc4c(-c4ccc(C#N)cc4)c3cc2cc1[Si](C)(C)C. The molecule has 0 bridgehead atoms. The van der Waals surface area contributed by atoms with Crippen LogP contribution in [-0.4, -0.2) is 32.3 Å². The van der Waals surface area contributed by atoms with Crippen molar-refractivity contribution in [2.75, 3.05) is 0 Å². The van der Waals surface area contributed by atoms with Crippen LogP contribution in [0.15, 0.2) is 97.1 Å². The van der Waals surface area contributed by atoms with E-state index >= 15 is 0 Å². The summed E-state index contributed by atoms with van der Waals surface area (Å²) in [6, 6.07) is 40.9. The van der Waals surface area contributed by atoms with Gasteiger partial charge in [0.2, 0.25) is 0 Å². The first kappa shape index (κ1) is 37.7. The van der Waals surface area contributed by atoms with E-state index in [2.05, 4.69) is 163 Å². The first-order chi connectivity index (χ1) is 25.2. The molecule has 7 aromatic carbocycles. The van der Waals surface area contributed by atoms with Crippen LogP contribution in [0.5, 0.6) is 0 Å². The highest BCUT2D eigenvalue weighted by Crippen LogP contribution is 2.46. The van der Waals surface area contributed by atoms with Gasteiger partial charge in [-0.3, -0.25) is 0 Å². The molecular weight excluding hydrogens is 717 g/mol. The zero-order valence-electron chi connectivity index (χ0n) is 34.1. The molecule has 2 nitrogen and oxygen atoms in total. The molecule has 6 heteroatoms. The lowest BCUT2D eigenvalue weighted by atomic mass is 9.83. The molecule has 0 saturated carbocycles. The van der Waals surface area contributed by atoms with E-state index in [1.54, 1.807) is 20.7 Å². The molecule has 0 aliphatic carbocycles. The first-order valence-corrected chi connectivity index (χ1v) is 33.2. The number of nitriles is 2. The minimum Gasteiger partial charge on any atom is -0.192 e. The fourth-order valence-electron chi connectivity index (χ4n) is 8.34. The summed E-state index contributed by atoms with van der Waals surface area (Å²) in [5, 5.41) is 35.8. The van der Waals surface area contributed by atoms with Gasteiger partial charge >= 0.3 is 0 Å². The van der Waals surface area contributed by atoms with Gasteiger partial charge in [-0.2, -0.15) is 10.5 Å². The third-order valence-electron chi connectivity index (χ3n) is 11.1. The zero-order valence-corrected chi connectivity index (χ0v) is 38.1. The molecule has 0 unspecified atom stereocenters. The van der Waals surface area contributed by atoms with Crippen molar-refractivity contribution in [3.8, 4) is 34.4 Å². The number of hydrogen-bond acceptors (Lipinski definition) is 2. The number of hydrogen-bond donors (Lipinski definition) is 0. The molecule has 0 aromatic heterocycles. The average molecular weight is 769 g/mol. The second-order valence-corrected chi connectivity index (χ2v) is 39.6. The quantitative estimate of drug-likeness (QED) is 0.125. The van der Waals surface area contributed by atoms with E-state index in [1.807, 2.05) is 24.3 Å².